The van der Waals surface area contributed by atoms with Gasteiger partial charge in [0.05, 0.1) is 12.5 Å². The van der Waals surface area contributed by atoms with E-state index in [2.05, 4.69) is 10.1 Å². The standard InChI is InChI=1S/C15H15N3O2S/c1-3-16-15-18(17-9-12-7-6-11(2)20-12)13(10-21-15)14-5-4-8-19-14/h4-10H,3H2,1-2H3. The molecule has 3 aromatic heterocycles. The summed E-state index contributed by atoms with van der Waals surface area (Å²) in [6.45, 7) is 4.60. The maximum Gasteiger partial charge on any atom is 0.206 e. The van der Waals surface area contributed by atoms with Crippen LogP contribution >= 0.6 is 11.3 Å². The molecule has 0 radical (unpaired) electrons. The van der Waals surface area contributed by atoms with E-state index in [1.54, 1.807) is 17.2 Å². The SMILES string of the molecule is CCN=c1scc(-c2ccco2)n1N=Cc1ccc(C)o1. The van der Waals surface area contributed by atoms with Crippen LogP contribution in [0.5, 0.6) is 0 Å². The lowest BCUT2D eigenvalue weighted by atomic mass is 10.4. The maximum absolute atomic E-state index is 5.50. The molecule has 0 aliphatic heterocycles. The molecule has 0 aliphatic carbocycles. The topological polar surface area (TPSA) is 55.9 Å². The van der Waals surface area contributed by atoms with E-state index in [0.717, 1.165) is 22.0 Å². The summed E-state index contributed by atoms with van der Waals surface area (Å²) in [5.41, 5.74) is 0.872. The third kappa shape index (κ3) is 2.90. The second kappa shape index (κ2) is 5.97. The first-order valence-corrected chi connectivity index (χ1v) is 7.51. The Morgan fingerprint density at radius 2 is 2.24 bits per heavy atom. The molecule has 3 heterocycles. The molecule has 0 spiro atoms. The van der Waals surface area contributed by atoms with Gasteiger partial charge < -0.3 is 8.83 Å². The summed E-state index contributed by atoms with van der Waals surface area (Å²) in [6.07, 6.45) is 3.33. The van der Waals surface area contributed by atoms with Gasteiger partial charge in [-0.1, -0.05) is 0 Å². The van der Waals surface area contributed by atoms with Gasteiger partial charge in [-0.15, -0.1) is 11.3 Å². The van der Waals surface area contributed by atoms with E-state index < -0.39 is 0 Å². The van der Waals surface area contributed by atoms with E-state index in [1.807, 2.05) is 43.5 Å². The number of thiazole rings is 1. The van der Waals surface area contributed by atoms with Crippen LogP contribution in [0.15, 0.2) is 54.8 Å². The molecule has 21 heavy (non-hydrogen) atoms. The molecule has 0 N–H and O–H groups in total. The van der Waals surface area contributed by atoms with E-state index in [-0.39, 0.29) is 0 Å². The number of aromatic nitrogens is 1. The monoisotopic (exact) mass is 301 g/mol. The van der Waals surface area contributed by atoms with Gasteiger partial charge in [-0.3, -0.25) is 4.99 Å². The summed E-state index contributed by atoms with van der Waals surface area (Å²) in [5.74, 6) is 2.33. The van der Waals surface area contributed by atoms with Crippen molar-refractivity contribution < 1.29 is 8.83 Å². The van der Waals surface area contributed by atoms with Crippen LogP contribution in [0.1, 0.15) is 18.4 Å². The van der Waals surface area contributed by atoms with Crippen LogP contribution in [0, 0.1) is 6.92 Å². The Balaban J connectivity index is 2.05. The van der Waals surface area contributed by atoms with Crippen LogP contribution in [0.25, 0.3) is 11.5 Å². The molecule has 0 saturated heterocycles. The number of rotatable bonds is 4. The maximum atomic E-state index is 5.50. The van der Waals surface area contributed by atoms with Gasteiger partial charge in [-0.05, 0) is 38.1 Å². The van der Waals surface area contributed by atoms with Crippen molar-refractivity contribution >= 4 is 17.6 Å². The first kappa shape index (κ1) is 13.6. The number of hydrogen-bond acceptors (Lipinski definition) is 5. The highest BCUT2D eigenvalue weighted by molar-refractivity contribution is 7.07. The molecule has 108 valence electrons. The van der Waals surface area contributed by atoms with Crippen molar-refractivity contribution in [2.75, 3.05) is 6.54 Å². The molecule has 0 bridgehead atoms. The molecule has 0 saturated carbocycles. The lowest BCUT2D eigenvalue weighted by molar-refractivity contribution is 0.527. The molecule has 0 fully saturated rings. The van der Waals surface area contributed by atoms with Crippen LogP contribution in [0.3, 0.4) is 0 Å². The Bertz CT molecular complexity index is 806. The van der Waals surface area contributed by atoms with Crippen molar-refractivity contribution in [3.63, 3.8) is 0 Å². The number of furan rings is 2. The van der Waals surface area contributed by atoms with E-state index in [4.69, 9.17) is 8.83 Å². The lowest BCUT2D eigenvalue weighted by Crippen LogP contribution is -2.12. The normalized spacial score (nSPS) is 12.6. The van der Waals surface area contributed by atoms with Crippen LogP contribution < -0.4 is 4.80 Å². The number of aryl methyl sites for hydroxylation is 1. The zero-order valence-corrected chi connectivity index (χ0v) is 12.6. The molecule has 0 atom stereocenters. The quantitative estimate of drug-likeness (QED) is 0.692. The van der Waals surface area contributed by atoms with Crippen LogP contribution in [0.4, 0.5) is 0 Å². The minimum atomic E-state index is 0.702. The fourth-order valence-corrected chi connectivity index (χ4v) is 2.77. The summed E-state index contributed by atoms with van der Waals surface area (Å²) in [7, 11) is 0. The zero-order valence-electron chi connectivity index (χ0n) is 11.8. The first-order valence-electron chi connectivity index (χ1n) is 6.63. The highest BCUT2D eigenvalue weighted by Gasteiger charge is 2.09. The Hall–Kier alpha value is -2.34. The molecule has 0 unspecified atom stereocenters. The van der Waals surface area contributed by atoms with Crippen molar-refractivity contribution in [2.24, 2.45) is 10.1 Å². The predicted octanol–water partition coefficient (Wildman–Crippen LogP) is 3.51. The Morgan fingerprint density at radius 3 is 2.90 bits per heavy atom. The van der Waals surface area contributed by atoms with Crippen LogP contribution in [-0.2, 0) is 0 Å². The second-order valence-electron chi connectivity index (χ2n) is 4.36. The predicted molar refractivity (Wildman–Crippen MR) is 82.6 cm³/mol. The second-order valence-corrected chi connectivity index (χ2v) is 5.20. The van der Waals surface area contributed by atoms with Crippen LogP contribution in [0.2, 0.25) is 0 Å². The summed E-state index contributed by atoms with van der Waals surface area (Å²) in [4.78, 5) is 5.27. The van der Waals surface area contributed by atoms with Crippen molar-refractivity contribution in [3.05, 3.63) is 52.2 Å². The van der Waals surface area contributed by atoms with Crippen molar-refractivity contribution in [1.82, 2.24) is 4.68 Å². The molecule has 0 aliphatic rings. The average Bonchev–Trinajstić information content (AvgIpc) is 3.17. The number of nitrogens with zero attached hydrogens (tertiary/aromatic N) is 3. The van der Waals surface area contributed by atoms with Gasteiger partial charge in [0.25, 0.3) is 0 Å². The van der Waals surface area contributed by atoms with E-state index >= 15 is 0 Å². The summed E-state index contributed by atoms with van der Waals surface area (Å²) in [6, 6.07) is 7.55. The zero-order chi connectivity index (χ0) is 14.7. The van der Waals surface area contributed by atoms with Gasteiger partial charge in [0.1, 0.15) is 17.2 Å². The highest BCUT2D eigenvalue weighted by Crippen LogP contribution is 2.20. The minimum absolute atomic E-state index is 0.702. The number of hydrogen-bond donors (Lipinski definition) is 0. The Labute approximate surface area is 125 Å². The molecular formula is C15H15N3O2S. The van der Waals surface area contributed by atoms with Gasteiger partial charge in [0, 0.05) is 11.9 Å². The van der Waals surface area contributed by atoms with E-state index in [9.17, 15) is 0 Å². The summed E-state index contributed by atoms with van der Waals surface area (Å²) < 4.78 is 12.7. The molecular weight excluding hydrogens is 286 g/mol. The molecule has 5 nitrogen and oxygen atoms in total. The Kier molecular flexibility index (Phi) is 3.87. The smallest absolute Gasteiger partial charge is 0.206 e. The van der Waals surface area contributed by atoms with Gasteiger partial charge in [0.2, 0.25) is 4.80 Å². The van der Waals surface area contributed by atoms with E-state index in [1.165, 1.54) is 11.3 Å². The largest absolute Gasteiger partial charge is 0.463 e. The van der Waals surface area contributed by atoms with Gasteiger partial charge in [0.15, 0.2) is 5.76 Å². The average molecular weight is 301 g/mol. The molecule has 3 aromatic rings. The van der Waals surface area contributed by atoms with Crippen molar-refractivity contribution in [3.8, 4) is 11.5 Å². The molecule has 0 aromatic carbocycles. The molecule has 6 heteroatoms. The van der Waals surface area contributed by atoms with E-state index in [0.29, 0.717) is 12.3 Å². The molecule has 0 amide bonds. The van der Waals surface area contributed by atoms with Gasteiger partial charge in [-0.2, -0.15) is 5.10 Å². The highest BCUT2D eigenvalue weighted by atomic mass is 32.1. The summed E-state index contributed by atoms with van der Waals surface area (Å²) >= 11 is 1.53. The van der Waals surface area contributed by atoms with Gasteiger partial charge >= 0.3 is 0 Å². The fourth-order valence-electron chi connectivity index (χ4n) is 1.89. The lowest BCUT2D eigenvalue weighted by Gasteiger charge is -1.99. The van der Waals surface area contributed by atoms with Crippen molar-refractivity contribution in [2.45, 2.75) is 13.8 Å². The third-order valence-electron chi connectivity index (χ3n) is 2.81. The molecule has 3 rings (SSSR count). The fraction of sp³-hybridized carbons (Fsp3) is 0.200. The summed E-state index contributed by atoms with van der Waals surface area (Å²) in [5, 5.41) is 6.46. The third-order valence-corrected chi connectivity index (χ3v) is 3.67. The van der Waals surface area contributed by atoms with Crippen molar-refractivity contribution in [1.29, 1.82) is 0 Å². The Morgan fingerprint density at radius 1 is 1.33 bits per heavy atom. The van der Waals surface area contributed by atoms with Gasteiger partial charge in [-0.25, -0.2) is 4.68 Å². The first-order chi connectivity index (χ1) is 10.3. The minimum Gasteiger partial charge on any atom is -0.463 e. The van der Waals surface area contributed by atoms with Crippen LogP contribution in [-0.4, -0.2) is 17.4 Å².